The lowest BCUT2D eigenvalue weighted by Gasteiger charge is -2.17. The zero-order chi connectivity index (χ0) is 13.1. The van der Waals surface area contributed by atoms with Gasteiger partial charge in [0.25, 0.3) is 0 Å². The third-order valence-corrected chi connectivity index (χ3v) is 2.88. The molecule has 0 radical (unpaired) electrons. The van der Waals surface area contributed by atoms with Crippen LogP contribution < -0.4 is 5.32 Å². The lowest BCUT2D eigenvalue weighted by Crippen LogP contribution is -2.27. The molecular formula is C14H25N3O. The molecule has 0 aromatic carbocycles. The normalized spacial score (nSPS) is 10.8. The van der Waals surface area contributed by atoms with Gasteiger partial charge in [-0.15, -0.1) is 0 Å². The van der Waals surface area contributed by atoms with E-state index in [4.69, 9.17) is 4.74 Å². The molecule has 0 aliphatic heterocycles. The van der Waals surface area contributed by atoms with Gasteiger partial charge in [0.1, 0.15) is 5.82 Å². The Bertz CT molecular complexity index is 288. The van der Waals surface area contributed by atoms with Crippen LogP contribution in [0.2, 0.25) is 0 Å². The van der Waals surface area contributed by atoms with Crippen molar-refractivity contribution in [3.63, 3.8) is 0 Å². The summed E-state index contributed by atoms with van der Waals surface area (Å²) in [6.07, 6.45) is 2.80. The largest absolute Gasteiger partial charge is 0.380 e. The van der Waals surface area contributed by atoms with Gasteiger partial charge in [0.15, 0.2) is 0 Å². The second kappa shape index (κ2) is 9.85. The fourth-order valence-electron chi connectivity index (χ4n) is 1.69. The number of nitrogens with zero attached hydrogens (tertiary/aromatic N) is 2. The minimum Gasteiger partial charge on any atom is -0.380 e. The molecule has 4 heteroatoms. The van der Waals surface area contributed by atoms with Gasteiger partial charge < -0.3 is 15.0 Å². The van der Waals surface area contributed by atoms with Crippen LogP contribution in [0.15, 0.2) is 24.4 Å². The Morgan fingerprint density at radius 1 is 1.22 bits per heavy atom. The van der Waals surface area contributed by atoms with Crippen LogP contribution in [0.4, 0.5) is 5.82 Å². The van der Waals surface area contributed by atoms with Gasteiger partial charge in [-0.05, 0) is 31.6 Å². The molecule has 4 nitrogen and oxygen atoms in total. The average molecular weight is 251 g/mol. The van der Waals surface area contributed by atoms with Gasteiger partial charge in [-0.2, -0.15) is 0 Å². The van der Waals surface area contributed by atoms with E-state index in [1.807, 2.05) is 18.2 Å². The summed E-state index contributed by atoms with van der Waals surface area (Å²) in [6, 6.07) is 5.87. The summed E-state index contributed by atoms with van der Waals surface area (Å²) in [5, 5.41) is 3.27. The Hall–Kier alpha value is -1.13. The minimum absolute atomic E-state index is 0.807. The predicted molar refractivity (Wildman–Crippen MR) is 76.0 cm³/mol. The van der Waals surface area contributed by atoms with E-state index in [-0.39, 0.29) is 0 Å². The molecule has 1 N–H and O–H groups in total. The Morgan fingerprint density at radius 3 is 2.72 bits per heavy atom. The summed E-state index contributed by atoms with van der Waals surface area (Å²) >= 11 is 0. The molecule has 0 aliphatic carbocycles. The van der Waals surface area contributed by atoms with E-state index in [9.17, 15) is 0 Å². The van der Waals surface area contributed by atoms with Gasteiger partial charge in [-0.1, -0.05) is 19.9 Å². The monoisotopic (exact) mass is 251 g/mol. The zero-order valence-electron chi connectivity index (χ0n) is 11.6. The average Bonchev–Trinajstić information content (AvgIpc) is 2.43. The van der Waals surface area contributed by atoms with Gasteiger partial charge in [0.2, 0.25) is 0 Å². The van der Waals surface area contributed by atoms with Crippen molar-refractivity contribution >= 4 is 5.82 Å². The number of ether oxygens (including phenoxy) is 1. The maximum atomic E-state index is 5.60. The standard InChI is InChI=1S/C14H25N3O/c1-3-17(4-2)11-13-18-12-7-10-16-14-8-5-6-9-15-14/h5-6,8-9H,3-4,7,10-13H2,1-2H3,(H,15,16). The second-order valence-electron chi connectivity index (χ2n) is 4.13. The van der Waals surface area contributed by atoms with E-state index in [0.29, 0.717) is 0 Å². The van der Waals surface area contributed by atoms with Crippen molar-refractivity contribution in [1.29, 1.82) is 0 Å². The molecule has 102 valence electrons. The third-order valence-electron chi connectivity index (χ3n) is 2.88. The first kappa shape index (κ1) is 14.9. The number of nitrogens with one attached hydrogen (secondary N) is 1. The predicted octanol–water partition coefficient (Wildman–Crippen LogP) is 2.24. The fraction of sp³-hybridized carbons (Fsp3) is 0.643. The lowest BCUT2D eigenvalue weighted by atomic mass is 10.4. The molecule has 0 saturated heterocycles. The van der Waals surface area contributed by atoms with E-state index >= 15 is 0 Å². The van der Waals surface area contributed by atoms with Crippen LogP contribution >= 0.6 is 0 Å². The second-order valence-corrected chi connectivity index (χ2v) is 4.13. The summed E-state index contributed by atoms with van der Waals surface area (Å²) in [5.74, 6) is 0.931. The molecule has 0 aliphatic rings. The highest BCUT2D eigenvalue weighted by Gasteiger charge is 1.98. The van der Waals surface area contributed by atoms with Crippen molar-refractivity contribution in [2.75, 3.05) is 44.7 Å². The number of likely N-dealkylation sites (N-methyl/N-ethyl adjacent to an activating group) is 1. The van der Waals surface area contributed by atoms with E-state index in [1.54, 1.807) is 6.20 Å². The Morgan fingerprint density at radius 2 is 2.06 bits per heavy atom. The van der Waals surface area contributed by atoms with Crippen LogP contribution in [-0.4, -0.2) is 49.3 Å². The maximum Gasteiger partial charge on any atom is 0.125 e. The number of hydrogen-bond acceptors (Lipinski definition) is 4. The number of anilines is 1. The summed E-state index contributed by atoms with van der Waals surface area (Å²) in [6.45, 7) is 10.1. The number of aromatic nitrogens is 1. The quantitative estimate of drug-likeness (QED) is 0.647. The van der Waals surface area contributed by atoms with Crippen LogP contribution in [0.25, 0.3) is 0 Å². The lowest BCUT2D eigenvalue weighted by molar-refractivity contribution is 0.107. The molecule has 0 atom stereocenters. The van der Waals surface area contributed by atoms with Crippen LogP contribution in [0, 0.1) is 0 Å². The number of pyridine rings is 1. The highest BCUT2D eigenvalue weighted by Crippen LogP contribution is 1.99. The summed E-state index contributed by atoms with van der Waals surface area (Å²) in [7, 11) is 0. The van der Waals surface area contributed by atoms with Crippen LogP contribution in [0.3, 0.4) is 0 Å². The van der Waals surface area contributed by atoms with Crippen molar-refractivity contribution in [2.24, 2.45) is 0 Å². The first-order valence-corrected chi connectivity index (χ1v) is 6.81. The van der Waals surface area contributed by atoms with Crippen molar-refractivity contribution in [3.05, 3.63) is 24.4 Å². The molecule has 0 unspecified atom stereocenters. The van der Waals surface area contributed by atoms with E-state index in [0.717, 1.165) is 51.6 Å². The first-order chi connectivity index (χ1) is 8.86. The first-order valence-electron chi connectivity index (χ1n) is 6.81. The summed E-state index contributed by atoms with van der Waals surface area (Å²) < 4.78 is 5.60. The van der Waals surface area contributed by atoms with Gasteiger partial charge in [0, 0.05) is 25.9 Å². The fourth-order valence-corrected chi connectivity index (χ4v) is 1.69. The smallest absolute Gasteiger partial charge is 0.125 e. The van der Waals surface area contributed by atoms with Gasteiger partial charge in [0.05, 0.1) is 6.61 Å². The maximum absolute atomic E-state index is 5.60. The van der Waals surface area contributed by atoms with E-state index < -0.39 is 0 Å². The topological polar surface area (TPSA) is 37.4 Å². The highest BCUT2D eigenvalue weighted by atomic mass is 16.5. The van der Waals surface area contributed by atoms with Gasteiger partial charge in [-0.25, -0.2) is 4.98 Å². The highest BCUT2D eigenvalue weighted by molar-refractivity contribution is 5.32. The van der Waals surface area contributed by atoms with Crippen LogP contribution in [-0.2, 0) is 4.74 Å². The van der Waals surface area contributed by atoms with Crippen molar-refractivity contribution in [1.82, 2.24) is 9.88 Å². The van der Waals surface area contributed by atoms with E-state index in [1.165, 1.54) is 0 Å². The molecule has 0 bridgehead atoms. The van der Waals surface area contributed by atoms with Crippen molar-refractivity contribution in [3.8, 4) is 0 Å². The molecule has 18 heavy (non-hydrogen) atoms. The third kappa shape index (κ3) is 6.57. The molecule has 0 amide bonds. The van der Waals surface area contributed by atoms with Gasteiger partial charge >= 0.3 is 0 Å². The summed E-state index contributed by atoms with van der Waals surface area (Å²) in [5.41, 5.74) is 0. The minimum atomic E-state index is 0.807. The Kier molecular flexibility index (Phi) is 8.17. The molecule has 1 rings (SSSR count). The Balaban J connectivity index is 1.93. The molecule has 0 saturated carbocycles. The van der Waals surface area contributed by atoms with Crippen molar-refractivity contribution < 1.29 is 4.74 Å². The number of hydrogen-bond donors (Lipinski definition) is 1. The molecular weight excluding hydrogens is 226 g/mol. The SMILES string of the molecule is CCN(CC)CCOCCCNc1ccccn1. The molecule has 0 spiro atoms. The Labute approximate surface area is 110 Å². The van der Waals surface area contributed by atoms with Crippen LogP contribution in [0.1, 0.15) is 20.3 Å². The van der Waals surface area contributed by atoms with E-state index in [2.05, 4.69) is 29.0 Å². The van der Waals surface area contributed by atoms with Crippen LogP contribution in [0.5, 0.6) is 0 Å². The molecule has 0 fully saturated rings. The zero-order valence-corrected chi connectivity index (χ0v) is 11.6. The number of rotatable bonds is 10. The molecule has 1 aromatic rings. The molecule has 1 heterocycles. The summed E-state index contributed by atoms with van der Waals surface area (Å²) in [4.78, 5) is 6.57. The van der Waals surface area contributed by atoms with Crippen molar-refractivity contribution in [2.45, 2.75) is 20.3 Å². The van der Waals surface area contributed by atoms with Gasteiger partial charge in [-0.3, -0.25) is 0 Å². The molecule has 1 aromatic heterocycles.